The van der Waals surface area contributed by atoms with Crippen molar-refractivity contribution < 1.29 is 10.2 Å². The van der Waals surface area contributed by atoms with E-state index in [9.17, 15) is 10.2 Å². The van der Waals surface area contributed by atoms with Gasteiger partial charge < -0.3 is 20.4 Å². The Hall–Kier alpha value is -1.10. The number of hydrogen-bond acceptors (Lipinski definition) is 4. The van der Waals surface area contributed by atoms with Gasteiger partial charge in [0.2, 0.25) is 0 Å². The van der Waals surface area contributed by atoms with Crippen molar-refractivity contribution >= 4 is 5.69 Å². The molecule has 1 aromatic carbocycles. The molecule has 2 unspecified atom stereocenters. The van der Waals surface area contributed by atoms with Gasteiger partial charge in [0.1, 0.15) is 0 Å². The van der Waals surface area contributed by atoms with Crippen LogP contribution in [0.25, 0.3) is 0 Å². The van der Waals surface area contributed by atoms with Gasteiger partial charge in [-0.1, -0.05) is 6.07 Å². The van der Waals surface area contributed by atoms with E-state index in [2.05, 4.69) is 51.2 Å². The average Bonchev–Trinajstić information content (AvgIpc) is 2.67. The molecule has 0 radical (unpaired) electrons. The van der Waals surface area contributed by atoms with Gasteiger partial charge in [-0.2, -0.15) is 0 Å². The maximum absolute atomic E-state index is 9.63. The van der Waals surface area contributed by atoms with Gasteiger partial charge in [0, 0.05) is 30.9 Å². The fraction of sp³-hybridized carbons (Fsp3) is 0.625. The van der Waals surface area contributed by atoms with Gasteiger partial charge in [-0.05, 0) is 51.0 Å². The molecule has 0 aliphatic carbocycles. The fourth-order valence-electron chi connectivity index (χ4n) is 2.42. The molecule has 4 nitrogen and oxygen atoms in total. The van der Waals surface area contributed by atoms with E-state index in [1.165, 1.54) is 11.1 Å². The Morgan fingerprint density at radius 3 is 2.30 bits per heavy atom. The third kappa shape index (κ3) is 3.72. The van der Waals surface area contributed by atoms with Crippen molar-refractivity contribution in [3.63, 3.8) is 0 Å². The van der Waals surface area contributed by atoms with Gasteiger partial charge in [-0.25, -0.2) is 0 Å². The van der Waals surface area contributed by atoms with Crippen molar-refractivity contribution in [1.29, 1.82) is 0 Å². The van der Waals surface area contributed by atoms with Crippen LogP contribution >= 0.6 is 0 Å². The Balaban J connectivity index is 2.06. The summed E-state index contributed by atoms with van der Waals surface area (Å²) in [5, 5.41) is 22.7. The van der Waals surface area contributed by atoms with Crippen LogP contribution in [0.2, 0.25) is 0 Å². The third-order valence-electron chi connectivity index (χ3n) is 3.76. The molecule has 112 valence electrons. The number of aliphatic hydroxyl groups is 2. The van der Waals surface area contributed by atoms with Gasteiger partial charge in [-0.3, -0.25) is 0 Å². The van der Waals surface area contributed by atoms with Crippen LogP contribution in [0.1, 0.15) is 31.9 Å². The van der Waals surface area contributed by atoms with Crippen LogP contribution in [-0.4, -0.2) is 41.0 Å². The zero-order valence-electron chi connectivity index (χ0n) is 12.8. The minimum atomic E-state index is -0.641. The van der Waals surface area contributed by atoms with Crippen LogP contribution < -0.4 is 10.2 Å². The average molecular weight is 278 g/mol. The van der Waals surface area contributed by atoms with E-state index in [1.54, 1.807) is 0 Å². The highest BCUT2D eigenvalue weighted by Crippen LogP contribution is 2.23. The van der Waals surface area contributed by atoms with E-state index >= 15 is 0 Å². The number of aliphatic hydroxyl groups excluding tert-OH is 2. The highest BCUT2D eigenvalue weighted by molar-refractivity contribution is 5.52. The fourth-order valence-corrected chi connectivity index (χ4v) is 2.42. The van der Waals surface area contributed by atoms with Gasteiger partial charge >= 0.3 is 0 Å². The molecule has 2 rings (SSSR count). The third-order valence-corrected chi connectivity index (χ3v) is 3.76. The summed E-state index contributed by atoms with van der Waals surface area (Å²) in [5.41, 5.74) is 3.69. The number of benzene rings is 1. The molecule has 3 N–H and O–H groups in total. The summed E-state index contributed by atoms with van der Waals surface area (Å²) >= 11 is 0. The zero-order valence-corrected chi connectivity index (χ0v) is 12.8. The number of nitrogens with one attached hydrogen (secondary N) is 1. The standard InChI is InChI=1S/C16H26N2O2/c1-11-7-13(18-9-14(19)15(20)10-18)6-5-12(11)8-17-16(2,3)4/h5-7,14-15,17,19-20H,8-10H2,1-4H3. The predicted octanol–water partition coefficient (Wildman–Crippen LogP) is 1.42. The lowest BCUT2D eigenvalue weighted by Gasteiger charge is -2.23. The maximum atomic E-state index is 9.63. The SMILES string of the molecule is Cc1cc(N2CC(O)C(O)C2)ccc1CNC(C)(C)C. The molecule has 0 bridgehead atoms. The molecule has 0 amide bonds. The summed E-state index contributed by atoms with van der Waals surface area (Å²) in [4.78, 5) is 2.03. The highest BCUT2D eigenvalue weighted by Gasteiger charge is 2.29. The van der Waals surface area contributed by atoms with Gasteiger partial charge in [0.25, 0.3) is 0 Å². The molecule has 1 aliphatic rings. The second-order valence-corrected chi connectivity index (χ2v) is 6.75. The summed E-state index contributed by atoms with van der Waals surface area (Å²) in [6.07, 6.45) is -1.28. The first-order valence-corrected chi connectivity index (χ1v) is 7.22. The summed E-state index contributed by atoms with van der Waals surface area (Å²) < 4.78 is 0. The normalized spacial score (nSPS) is 23.4. The van der Waals surface area contributed by atoms with Crippen LogP contribution in [0.3, 0.4) is 0 Å². The first-order chi connectivity index (χ1) is 9.26. The Labute approximate surface area is 121 Å². The molecule has 4 heteroatoms. The lowest BCUT2D eigenvalue weighted by Crippen LogP contribution is -2.35. The van der Waals surface area contributed by atoms with E-state index < -0.39 is 12.2 Å². The lowest BCUT2D eigenvalue weighted by atomic mass is 10.0. The number of nitrogens with zero attached hydrogens (tertiary/aromatic N) is 1. The van der Waals surface area contributed by atoms with Crippen LogP contribution in [-0.2, 0) is 6.54 Å². The molecule has 1 aliphatic heterocycles. The van der Waals surface area contributed by atoms with Crippen LogP contribution in [0.4, 0.5) is 5.69 Å². The van der Waals surface area contributed by atoms with Crippen molar-refractivity contribution in [2.75, 3.05) is 18.0 Å². The van der Waals surface area contributed by atoms with Crippen molar-refractivity contribution in [2.45, 2.75) is 52.0 Å². The van der Waals surface area contributed by atoms with Crippen LogP contribution in [0.5, 0.6) is 0 Å². The maximum Gasteiger partial charge on any atom is 0.0990 e. The molecule has 1 aromatic rings. The summed E-state index contributed by atoms with van der Waals surface area (Å²) in [6, 6.07) is 6.32. The largest absolute Gasteiger partial charge is 0.389 e. The lowest BCUT2D eigenvalue weighted by molar-refractivity contribution is 0.0572. The molecular weight excluding hydrogens is 252 g/mol. The molecular formula is C16H26N2O2. The minimum absolute atomic E-state index is 0.105. The highest BCUT2D eigenvalue weighted by atomic mass is 16.3. The van der Waals surface area contributed by atoms with Crippen molar-refractivity contribution in [1.82, 2.24) is 5.32 Å². The topological polar surface area (TPSA) is 55.7 Å². The zero-order chi connectivity index (χ0) is 14.9. The molecule has 0 spiro atoms. The summed E-state index contributed by atoms with van der Waals surface area (Å²) in [6.45, 7) is 10.4. The van der Waals surface area contributed by atoms with Crippen LogP contribution in [0, 0.1) is 6.92 Å². The van der Waals surface area contributed by atoms with E-state index in [1.807, 2.05) is 4.90 Å². The Morgan fingerprint density at radius 1 is 1.20 bits per heavy atom. The van der Waals surface area contributed by atoms with Gasteiger partial charge in [0.05, 0.1) is 12.2 Å². The Bertz CT molecular complexity index is 458. The number of β-amino-alcohol motifs (C(OH)–C–C–N with tert-alkyl or cyclic N) is 2. The molecule has 1 saturated heterocycles. The molecule has 1 heterocycles. The molecule has 0 saturated carbocycles. The predicted molar refractivity (Wildman–Crippen MR) is 82.0 cm³/mol. The molecule has 2 atom stereocenters. The van der Waals surface area contributed by atoms with Gasteiger partial charge in [-0.15, -0.1) is 0 Å². The summed E-state index contributed by atoms with van der Waals surface area (Å²) in [7, 11) is 0. The Kier molecular flexibility index (Phi) is 4.37. The van der Waals surface area contributed by atoms with Crippen molar-refractivity contribution in [3.05, 3.63) is 29.3 Å². The second kappa shape index (κ2) is 5.72. The Morgan fingerprint density at radius 2 is 1.80 bits per heavy atom. The van der Waals surface area contributed by atoms with Crippen molar-refractivity contribution in [3.8, 4) is 0 Å². The molecule has 20 heavy (non-hydrogen) atoms. The van der Waals surface area contributed by atoms with E-state index in [4.69, 9.17) is 0 Å². The van der Waals surface area contributed by atoms with E-state index in [0.29, 0.717) is 13.1 Å². The van der Waals surface area contributed by atoms with E-state index in [-0.39, 0.29) is 5.54 Å². The second-order valence-electron chi connectivity index (χ2n) is 6.75. The quantitative estimate of drug-likeness (QED) is 0.783. The first-order valence-electron chi connectivity index (χ1n) is 7.22. The minimum Gasteiger partial charge on any atom is -0.389 e. The van der Waals surface area contributed by atoms with Crippen molar-refractivity contribution in [2.24, 2.45) is 0 Å². The number of rotatable bonds is 3. The first kappa shape index (κ1) is 15.3. The van der Waals surface area contributed by atoms with E-state index in [0.717, 1.165) is 12.2 Å². The number of anilines is 1. The monoisotopic (exact) mass is 278 g/mol. The number of hydrogen-bond donors (Lipinski definition) is 3. The smallest absolute Gasteiger partial charge is 0.0990 e. The number of aryl methyl sites for hydroxylation is 1. The summed E-state index contributed by atoms with van der Waals surface area (Å²) in [5.74, 6) is 0. The van der Waals surface area contributed by atoms with Crippen LogP contribution in [0.15, 0.2) is 18.2 Å². The molecule has 0 aromatic heterocycles. The molecule has 1 fully saturated rings. The van der Waals surface area contributed by atoms with Gasteiger partial charge in [0.15, 0.2) is 0 Å².